The van der Waals surface area contributed by atoms with Gasteiger partial charge in [-0.2, -0.15) is 0 Å². The summed E-state index contributed by atoms with van der Waals surface area (Å²) in [6, 6.07) is 5.71. The molecule has 1 aromatic carbocycles. The lowest BCUT2D eigenvalue weighted by Crippen LogP contribution is -2.12. The van der Waals surface area contributed by atoms with Crippen LogP contribution in [0.3, 0.4) is 0 Å². The van der Waals surface area contributed by atoms with E-state index in [4.69, 9.17) is 5.11 Å². The Hall–Kier alpha value is -1.38. The number of hydrogen-bond acceptors (Lipinski definition) is 1. The van der Waals surface area contributed by atoms with E-state index in [0.717, 1.165) is 6.42 Å². The topological polar surface area (TPSA) is 37.3 Å². The van der Waals surface area contributed by atoms with Gasteiger partial charge in [0, 0.05) is 0 Å². The van der Waals surface area contributed by atoms with Crippen LogP contribution in [-0.4, -0.2) is 11.1 Å². The summed E-state index contributed by atoms with van der Waals surface area (Å²) in [6.07, 6.45) is 1.45. The molecule has 88 valence electrons. The van der Waals surface area contributed by atoms with Gasteiger partial charge in [-0.05, 0) is 36.5 Å². The Bertz CT molecular complexity index is 343. The molecule has 0 fully saturated rings. The summed E-state index contributed by atoms with van der Waals surface area (Å²) in [5.74, 6) is -1.23. The fourth-order valence-electron chi connectivity index (χ4n) is 1.63. The number of carbonyl (C=O) groups is 1. The molecule has 1 N–H and O–H groups in total. The average Bonchev–Trinajstić information content (AvgIpc) is 2.20. The molecule has 0 saturated heterocycles. The van der Waals surface area contributed by atoms with Crippen molar-refractivity contribution in [2.45, 2.75) is 32.6 Å². The zero-order valence-electron chi connectivity index (χ0n) is 9.61. The van der Waals surface area contributed by atoms with Gasteiger partial charge in [-0.1, -0.05) is 26.0 Å². The second-order valence-corrected chi connectivity index (χ2v) is 4.41. The van der Waals surface area contributed by atoms with E-state index in [-0.39, 0.29) is 5.82 Å². The number of aliphatic carboxylic acids is 1. The minimum absolute atomic E-state index is 0.336. The third kappa shape index (κ3) is 3.65. The fourth-order valence-corrected chi connectivity index (χ4v) is 1.63. The van der Waals surface area contributed by atoms with Crippen molar-refractivity contribution in [3.8, 4) is 0 Å². The van der Waals surface area contributed by atoms with Gasteiger partial charge in [-0.15, -0.1) is 0 Å². The molecule has 1 atom stereocenters. The first-order valence-corrected chi connectivity index (χ1v) is 5.49. The summed E-state index contributed by atoms with van der Waals surface area (Å²) < 4.78 is 12.7. The first-order valence-electron chi connectivity index (χ1n) is 5.49. The number of carboxylic acids is 1. The lowest BCUT2D eigenvalue weighted by molar-refractivity contribution is -0.139. The number of rotatable bonds is 5. The SMILES string of the molecule is CC(C)CCC(C(=O)O)c1ccc(F)cc1. The minimum atomic E-state index is -0.841. The highest BCUT2D eigenvalue weighted by molar-refractivity contribution is 5.75. The van der Waals surface area contributed by atoms with Crippen molar-refractivity contribution in [1.29, 1.82) is 0 Å². The van der Waals surface area contributed by atoms with Gasteiger partial charge in [0.05, 0.1) is 5.92 Å². The van der Waals surface area contributed by atoms with Crippen molar-refractivity contribution in [1.82, 2.24) is 0 Å². The van der Waals surface area contributed by atoms with Crippen LogP contribution in [0.2, 0.25) is 0 Å². The summed E-state index contributed by atoms with van der Waals surface area (Å²) in [5, 5.41) is 9.12. The van der Waals surface area contributed by atoms with Gasteiger partial charge in [-0.3, -0.25) is 4.79 Å². The third-order valence-electron chi connectivity index (χ3n) is 2.60. The quantitative estimate of drug-likeness (QED) is 0.832. The van der Waals surface area contributed by atoms with Crippen molar-refractivity contribution in [3.63, 3.8) is 0 Å². The molecule has 0 bridgehead atoms. The molecule has 0 heterocycles. The summed E-state index contributed by atoms with van der Waals surface area (Å²) >= 11 is 0. The molecule has 3 heteroatoms. The standard InChI is InChI=1S/C13H17FO2/c1-9(2)3-8-12(13(15)16)10-4-6-11(14)7-5-10/h4-7,9,12H,3,8H2,1-2H3,(H,15,16). The summed E-state index contributed by atoms with van der Waals surface area (Å²) in [6.45, 7) is 4.12. The highest BCUT2D eigenvalue weighted by Gasteiger charge is 2.19. The molecule has 0 spiro atoms. The van der Waals surface area contributed by atoms with E-state index < -0.39 is 11.9 Å². The van der Waals surface area contributed by atoms with Crippen LogP contribution in [0.5, 0.6) is 0 Å². The number of halogens is 1. The molecule has 2 nitrogen and oxygen atoms in total. The predicted octanol–water partition coefficient (Wildman–Crippen LogP) is 3.43. The van der Waals surface area contributed by atoms with Gasteiger partial charge in [0.2, 0.25) is 0 Å². The molecular formula is C13H17FO2. The van der Waals surface area contributed by atoms with Crippen molar-refractivity contribution >= 4 is 5.97 Å². The van der Waals surface area contributed by atoms with Gasteiger partial charge in [0.15, 0.2) is 0 Å². The third-order valence-corrected chi connectivity index (χ3v) is 2.60. The van der Waals surface area contributed by atoms with Crippen LogP contribution >= 0.6 is 0 Å². The molecule has 1 unspecified atom stereocenters. The van der Waals surface area contributed by atoms with Crippen molar-refractivity contribution in [3.05, 3.63) is 35.6 Å². The molecule has 0 saturated carbocycles. The second kappa shape index (κ2) is 5.64. The van der Waals surface area contributed by atoms with E-state index in [2.05, 4.69) is 13.8 Å². The highest BCUT2D eigenvalue weighted by Crippen LogP contribution is 2.24. The van der Waals surface area contributed by atoms with Crippen molar-refractivity contribution in [2.24, 2.45) is 5.92 Å². The minimum Gasteiger partial charge on any atom is -0.481 e. The summed E-state index contributed by atoms with van der Waals surface area (Å²) in [5.41, 5.74) is 0.676. The van der Waals surface area contributed by atoms with Crippen LogP contribution in [0.15, 0.2) is 24.3 Å². The number of carboxylic acid groups (broad SMARTS) is 1. The maximum Gasteiger partial charge on any atom is 0.310 e. The van der Waals surface area contributed by atoms with Crippen LogP contribution in [-0.2, 0) is 4.79 Å². The molecule has 0 aliphatic heterocycles. The van der Waals surface area contributed by atoms with Crippen LogP contribution in [0.4, 0.5) is 4.39 Å². The molecule has 0 amide bonds. The van der Waals surface area contributed by atoms with Gasteiger partial charge in [0.1, 0.15) is 5.82 Å². The van der Waals surface area contributed by atoms with Crippen LogP contribution < -0.4 is 0 Å². The van der Waals surface area contributed by atoms with Gasteiger partial charge < -0.3 is 5.11 Å². The smallest absolute Gasteiger partial charge is 0.310 e. The average molecular weight is 224 g/mol. The zero-order valence-corrected chi connectivity index (χ0v) is 9.61. The molecule has 0 aliphatic carbocycles. The van der Waals surface area contributed by atoms with Gasteiger partial charge in [-0.25, -0.2) is 4.39 Å². The van der Waals surface area contributed by atoms with E-state index in [1.54, 1.807) is 12.1 Å². The number of benzene rings is 1. The summed E-state index contributed by atoms with van der Waals surface area (Å²) in [4.78, 5) is 11.1. The molecule has 0 radical (unpaired) electrons. The lowest BCUT2D eigenvalue weighted by atomic mass is 9.91. The van der Waals surface area contributed by atoms with E-state index >= 15 is 0 Å². The Kier molecular flexibility index (Phi) is 4.47. The Morgan fingerprint density at radius 2 is 1.81 bits per heavy atom. The van der Waals surface area contributed by atoms with E-state index in [0.29, 0.717) is 17.9 Å². The molecule has 1 aromatic rings. The highest BCUT2D eigenvalue weighted by atomic mass is 19.1. The van der Waals surface area contributed by atoms with E-state index in [1.807, 2.05) is 0 Å². The summed E-state index contributed by atoms with van der Waals surface area (Å²) in [7, 11) is 0. The Balaban J connectivity index is 2.77. The molecular weight excluding hydrogens is 207 g/mol. The van der Waals surface area contributed by atoms with Crippen molar-refractivity contribution in [2.75, 3.05) is 0 Å². The molecule has 0 aliphatic rings. The maximum atomic E-state index is 12.7. The van der Waals surface area contributed by atoms with E-state index in [9.17, 15) is 9.18 Å². The van der Waals surface area contributed by atoms with Crippen LogP contribution in [0.25, 0.3) is 0 Å². The van der Waals surface area contributed by atoms with Crippen LogP contribution in [0.1, 0.15) is 38.2 Å². The Morgan fingerprint density at radius 3 is 2.25 bits per heavy atom. The van der Waals surface area contributed by atoms with Gasteiger partial charge in [0.25, 0.3) is 0 Å². The normalized spacial score (nSPS) is 12.8. The second-order valence-electron chi connectivity index (χ2n) is 4.41. The lowest BCUT2D eigenvalue weighted by Gasteiger charge is -2.13. The first kappa shape index (κ1) is 12.7. The monoisotopic (exact) mass is 224 g/mol. The zero-order chi connectivity index (χ0) is 12.1. The Morgan fingerprint density at radius 1 is 1.25 bits per heavy atom. The fraction of sp³-hybridized carbons (Fsp3) is 0.462. The first-order chi connectivity index (χ1) is 7.50. The largest absolute Gasteiger partial charge is 0.481 e. The van der Waals surface area contributed by atoms with Crippen molar-refractivity contribution < 1.29 is 14.3 Å². The van der Waals surface area contributed by atoms with Gasteiger partial charge >= 0.3 is 5.97 Å². The molecule has 16 heavy (non-hydrogen) atoms. The Labute approximate surface area is 95.1 Å². The maximum absolute atomic E-state index is 12.7. The van der Waals surface area contributed by atoms with Crippen LogP contribution in [0, 0.1) is 11.7 Å². The van der Waals surface area contributed by atoms with E-state index in [1.165, 1.54) is 12.1 Å². The predicted molar refractivity (Wildman–Crippen MR) is 60.8 cm³/mol. The molecule has 0 aromatic heterocycles. The number of hydrogen-bond donors (Lipinski definition) is 1. The molecule has 1 rings (SSSR count).